The number of hydrogen-bond donors (Lipinski definition) is 2. The summed E-state index contributed by atoms with van der Waals surface area (Å²) in [5, 5.41) is 10.7. The molecule has 0 aliphatic carbocycles. The number of ether oxygens (including phenoxy) is 1. The van der Waals surface area contributed by atoms with Crippen molar-refractivity contribution in [1.29, 1.82) is 0 Å². The number of rotatable bonds is 3. The van der Waals surface area contributed by atoms with Crippen LogP contribution in [-0.4, -0.2) is 12.1 Å². The molecule has 5 nitrogen and oxygen atoms in total. The quantitative estimate of drug-likeness (QED) is 0.624. The summed E-state index contributed by atoms with van der Waals surface area (Å²) in [5.41, 5.74) is 10.0. The van der Waals surface area contributed by atoms with Crippen molar-refractivity contribution < 1.29 is 4.74 Å². The van der Waals surface area contributed by atoms with Gasteiger partial charge in [-0.3, -0.25) is 0 Å². The van der Waals surface area contributed by atoms with Crippen molar-refractivity contribution in [3.63, 3.8) is 0 Å². The van der Waals surface area contributed by atoms with Crippen molar-refractivity contribution in [3.8, 4) is 17.0 Å². The molecule has 2 aromatic rings. The predicted molar refractivity (Wildman–Crippen MR) is 67.6 cm³/mol. The molecule has 0 radical (unpaired) electrons. The molecule has 0 amide bonds. The minimum atomic E-state index is 0.360. The second-order valence-electron chi connectivity index (χ2n) is 3.49. The zero-order valence-electron chi connectivity index (χ0n) is 9.31. The van der Waals surface area contributed by atoms with E-state index in [4.69, 9.17) is 10.5 Å². The summed E-state index contributed by atoms with van der Waals surface area (Å²) in [4.78, 5) is 4.02. The number of pyridine rings is 1. The highest BCUT2D eigenvalue weighted by atomic mass is 16.5. The second kappa shape index (κ2) is 4.71. The lowest BCUT2D eigenvalue weighted by atomic mass is 10.1. The fourth-order valence-electron chi connectivity index (χ4n) is 1.52. The van der Waals surface area contributed by atoms with E-state index in [1.807, 2.05) is 17.6 Å². The Morgan fingerprint density at radius 2 is 2.00 bits per heavy atom. The lowest BCUT2D eigenvalue weighted by Crippen LogP contribution is -1.94. The van der Waals surface area contributed by atoms with Gasteiger partial charge in [0.2, 0.25) is 5.88 Å². The molecule has 0 bridgehead atoms. The van der Waals surface area contributed by atoms with E-state index in [-0.39, 0.29) is 0 Å². The third-order valence-electron chi connectivity index (χ3n) is 2.44. The molecule has 0 saturated carbocycles. The van der Waals surface area contributed by atoms with Gasteiger partial charge in [-0.05, 0) is 29.3 Å². The van der Waals surface area contributed by atoms with Crippen LogP contribution >= 0.6 is 0 Å². The highest BCUT2D eigenvalue weighted by Crippen LogP contribution is 2.28. The standard InChI is InChI=1S/C12H12N3O2/c1-17-12-7-9(4-5-14-12)8-2-3-10(13)11(6-8)15-16/h2-7,15H,13H2,1H3/q-1. The lowest BCUT2D eigenvalue weighted by molar-refractivity contribution is 0.398. The molecule has 2 rings (SSSR count). The van der Waals surface area contributed by atoms with Crippen molar-refractivity contribution >= 4 is 11.4 Å². The molecule has 17 heavy (non-hydrogen) atoms. The van der Waals surface area contributed by atoms with Crippen LogP contribution in [0.15, 0.2) is 36.5 Å². The first-order valence-electron chi connectivity index (χ1n) is 5.02. The minimum Gasteiger partial charge on any atom is -0.761 e. The summed E-state index contributed by atoms with van der Waals surface area (Å²) >= 11 is 0. The maximum atomic E-state index is 10.7. The van der Waals surface area contributed by atoms with Gasteiger partial charge in [0.05, 0.1) is 12.8 Å². The molecule has 0 aliphatic rings. The van der Waals surface area contributed by atoms with E-state index in [1.54, 1.807) is 31.5 Å². The molecule has 88 valence electrons. The third-order valence-corrected chi connectivity index (χ3v) is 2.44. The summed E-state index contributed by atoms with van der Waals surface area (Å²) in [6.45, 7) is 0. The number of hydrogen-bond acceptors (Lipinski definition) is 5. The molecule has 1 heterocycles. The van der Waals surface area contributed by atoms with E-state index in [1.165, 1.54) is 0 Å². The monoisotopic (exact) mass is 230 g/mol. The normalized spacial score (nSPS) is 10.0. The molecule has 0 spiro atoms. The maximum Gasteiger partial charge on any atom is 0.213 e. The molecular formula is C12H12N3O2-. The Morgan fingerprint density at radius 3 is 2.71 bits per heavy atom. The average molecular weight is 230 g/mol. The van der Waals surface area contributed by atoms with E-state index in [9.17, 15) is 5.21 Å². The molecule has 0 saturated heterocycles. The Kier molecular flexibility index (Phi) is 3.11. The van der Waals surface area contributed by atoms with Crippen LogP contribution in [0.25, 0.3) is 11.1 Å². The lowest BCUT2D eigenvalue weighted by Gasteiger charge is -2.14. The van der Waals surface area contributed by atoms with Crippen LogP contribution in [0, 0.1) is 5.21 Å². The topological polar surface area (TPSA) is 83.2 Å². The van der Waals surface area contributed by atoms with Gasteiger partial charge in [0, 0.05) is 18.0 Å². The largest absolute Gasteiger partial charge is 0.761 e. The van der Waals surface area contributed by atoms with Crippen LogP contribution in [0.3, 0.4) is 0 Å². The van der Waals surface area contributed by atoms with Gasteiger partial charge in [-0.2, -0.15) is 0 Å². The number of anilines is 2. The number of nitrogens with zero attached hydrogens (tertiary/aromatic N) is 1. The Balaban J connectivity index is 2.45. The van der Waals surface area contributed by atoms with Crippen molar-refractivity contribution in [1.82, 2.24) is 4.98 Å². The van der Waals surface area contributed by atoms with E-state index in [0.717, 1.165) is 11.1 Å². The SMILES string of the molecule is COc1cc(-c2ccc(N)c(N[O-])c2)ccn1. The Bertz CT molecular complexity index is 529. The zero-order chi connectivity index (χ0) is 12.3. The Hall–Kier alpha value is -2.27. The van der Waals surface area contributed by atoms with E-state index in [0.29, 0.717) is 17.3 Å². The van der Waals surface area contributed by atoms with Gasteiger partial charge in [0.1, 0.15) is 0 Å². The van der Waals surface area contributed by atoms with Gasteiger partial charge in [-0.15, -0.1) is 0 Å². The first-order valence-corrected chi connectivity index (χ1v) is 5.02. The number of methoxy groups -OCH3 is 1. The van der Waals surface area contributed by atoms with Gasteiger partial charge >= 0.3 is 0 Å². The Morgan fingerprint density at radius 1 is 1.24 bits per heavy atom. The van der Waals surface area contributed by atoms with Gasteiger partial charge < -0.3 is 21.2 Å². The van der Waals surface area contributed by atoms with Gasteiger partial charge in [-0.1, -0.05) is 6.07 Å². The van der Waals surface area contributed by atoms with Gasteiger partial charge in [0.15, 0.2) is 0 Å². The van der Waals surface area contributed by atoms with Crippen LogP contribution in [0.1, 0.15) is 0 Å². The first-order chi connectivity index (χ1) is 8.24. The fraction of sp³-hybridized carbons (Fsp3) is 0.0833. The maximum absolute atomic E-state index is 10.7. The first kappa shape index (κ1) is 11.2. The highest BCUT2D eigenvalue weighted by Gasteiger charge is 2.02. The second-order valence-corrected chi connectivity index (χ2v) is 3.49. The van der Waals surface area contributed by atoms with Crippen LogP contribution in [-0.2, 0) is 0 Å². The van der Waals surface area contributed by atoms with E-state index in [2.05, 4.69) is 4.98 Å². The van der Waals surface area contributed by atoms with Crippen LogP contribution in [0.2, 0.25) is 0 Å². The summed E-state index contributed by atoms with van der Waals surface area (Å²) in [6.07, 6.45) is 1.65. The molecule has 0 aliphatic heterocycles. The Labute approximate surface area is 98.8 Å². The van der Waals surface area contributed by atoms with E-state index < -0.39 is 0 Å². The molecule has 3 N–H and O–H groups in total. The summed E-state index contributed by atoms with van der Waals surface area (Å²) in [6, 6.07) is 8.84. The minimum absolute atomic E-state index is 0.360. The molecule has 1 aromatic heterocycles. The van der Waals surface area contributed by atoms with Crippen LogP contribution in [0.4, 0.5) is 11.4 Å². The third kappa shape index (κ3) is 2.29. The average Bonchev–Trinajstić information content (AvgIpc) is 2.39. The molecular weight excluding hydrogens is 218 g/mol. The van der Waals surface area contributed by atoms with E-state index >= 15 is 0 Å². The van der Waals surface area contributed by atoms with Crippen LogP contribution in [0.5, 0.6) is 5.88 Å². The van der Waals surface area contributed by atoms with Crippen molar-refractivity contribution in [2.75, 3.05) is 18.3 Å². The molecule has 5 heteroatoms. The summed E-state index contributed by atoms with van der Waals surface area (Å²) in [5.74, 6) is 0.524. The number of nitrogens with two attached hydrogens (primary N) is 1. The summed E-state index contributed by atoms with van der Waals surface area (Å²) in [7, 11) is 1.56. The highest BCUT2D eigenvalue weighted by molar-refractivity contribution is 5.76. The van der Waals surface area contributed by atoms with Crippen LogP contribution < -0.4 is 16.0 Å². The smallest absolute Gasteiger partial charge is 0.213 e. The van der Waals surface area contributed by atoms with Gasteiger partial charge in [0.25, 0.3) is 0 Å². The summed E-state index contributed by atoms with van der Waals surface area (Å²) < 4.78 is 5.04. The number of nitrogens with one attached hydrogen (secondary N) is 1. The number of nitrogen functional groups attached to an aromatic ring is 1. The molecule has 0 fully saturated rings. The fourth-order valence-corrected chi connectivity index (χ4v) is 1.52. The predicted octanol–water partition coefficient (Wildman–Crippen LogP) is 2.25. The number of aromatic nitrogens is 1. The van der Waals surface area contributed by atoms with Crippen molar-refractivity contribution in [2.45, 2.75) is 0 Å². The van der Waals surface area contributed by atoms with Crippen molar-refractivity contribution in [3.05, 3.63) is 41.7 Å². The van der Waals surface area contributed by atoms with Gasteiger partial charge in [-0.25, -0.2) is 4.98 Å². The number of benzene rings is 1. The van der Waals surface area contributed by atoms with Crippen molar-refractivity contribution in [2.24, 2.45) is 0 Å². The zero-order valence-corrected chi connectivity index (χ0v) is 9.31. The molecule has 1 aromatic carbocycles. The molecule has 0 atom stereocenters. The molecule has 0 unspecified atom stereocenters.